The largest absolute Gasteiger partial charge is 0.382 e. The first-order chi connectivity index (χ1) is 10.3. The van der Waals surface area contributed by atoms with E-state index < -0.39 is 5.41 Å². The molecule has 2 nitrogen and oxygen atoms in total. The Morgan fingerprint density at radius 1 is 0.905 bits per heavy atom. The van der Waals surface area contributed by atoms with Crippen LogP contribution in [0.25, 0.3) is 10.8 Å². The summed E-state index contributed by atoms with van der Waals surface area (Å²) >= 11 is 0. The predicted molar refractivity (Wildman–Crippen MR) is 85.3 cm³/mol. The van der Waals surface area contributed by atoms with Gasteiger partial charge in [0.1, 0.15) is 5.41 Å². The van der Waals surface area contributed by atoms with Crippen LogP contribution in [-0.2, 0) is 5.41 Å². The number of nitriles is 1. The van der Waals surface area contributed by atoms with Gasteiger partial charge >= 0.3 is 0 Å². The summed E-state index contributed by atoms with van der Waals surface area (Å²) in [5, 5.41) is 15.6. The van der Waals surface area contributed by atoms with E-state index in [0.29, 0.717) is 6.54 Å². The van der Waals surface area contributed by atoms with Gasteiger partial charge in [-0.2, -0.15) is 5.26 Å². The Balaban J connectivity index is 1.96. The summed E-state index contributed by atoms with van der Waals surface area (Å²) in [5.74, 6) is 0. The van der Waals surface area contributed by atoms with Crippen LogP contribution in [0, 0.1) is 11.3 Å². The molecule has 0 aliphatic carbocycles. The number of nitrogens with zero attached hydrogens (tertiary/aromatic N) is 1. The number of benzene rings is 3. The topological polar surface area (TPSA) is 35.8 Å². The molecular weight excluding hydrogens is 256 g/mol. The minimum absolute atomic E-state index is 0.597. The van der Waals surface area contributed by atoms with E-state index in [2.05, 4.69) is 41.7 Å². The Labute approximate surface area is 123 Å². The zero-order valence-electron chi connectivity index (χ0n) is 11.5. The number of anilines is 1. The van der Waals surface area contributed by atoms with Crippen molar-refractivity contribution in [2.75, 3.05) is 11.9 Å². The average Bonchev–Trinajstić information content (AvgIpc) is 2.94. The maximum absolute atomic E-state index is 9.90. The highest BCUT2D eigenvalue weighted by Crippen LogP contribution is 2.41. The molecule has 0 bridgehead atoms. The van der Waals surface area contributed by atoms with Crippen molar-refractivity contribution >= 4 is 16.5 Å². The zero-order chi connectivity index (χ0) is 14.3. The summed E-state index contributed by atoms with van der Waals surface area (Å²) in [6.07, 6.45) is 0. The maximum Gasteiger partial charge on any atom is 0.126 e. The van der Waals surface area contributed by atoms with Gasteiger partial charge in [0.2, 0.25) is 0 Å². The Kier molecular flexibility index (Phi) is 2.49. The normalized spacial score (nSPS) is 19.8. The van der Waals surface area contributed by atoms with Crippen LogP contribution in [0.15, 0.2) is 66.7 Å². The lowest BCUT2D eigenvalue weighted by Crippen LogP contribution is -2.27. The average molecular weight is 270 g/mol. The molecule has 0 spiro atoms. The monoisotopic (exact) mass is 270 g/mol. The second-order valence-corrected chi connectivity index (χ2v) is 5.48. The van der Waals surface area contributed by atoms with E-state index in [1.54, 1.807) is 0 Å². The fourth-order valence-electron chi connectivity index (χ4n) is 3.21. The van der Waals surface area contributed by atoms with Crippen molar-refractivity contribution in [1.82, 2.24) is 0 Å². The maximum atomic E-state index is 9.90. The fourth-order valence-corrected chi connectivity index (χ4v) is 3.21. The summed E-state index contributed by atoms with van der Waals surface area (Å²) < 4.78 is 0. The molecule has 0 amide bonds. The van der Waals surface area contributed by atoms with Gasteiger partial charge < -0.3 is 5.32 Å². The van der Waals surface area contributed by atoms with Crippen molar-refractivity contribution in [3.63, 3.8) is 0 Å². The molecular formula is C19H14N2. The number of fused-ring (bicyclic) bond motifs is 2. The van der Waals surface area contributed by atoms with Gasteiger partial charge in [0.15, 0.2) is 0 Å². The second-order valence-electron chi connectivity index (χ2n) is 5.48. The highest BCUT2D eigenvalue weighted by Gasteiger charge is 2.40. The lowest BCUT2D eigenvalue weighted by molar-refractivity contribution is 0.734. The molecule has 2 heteroatoms. The van der Waals surface area contributed by atoms with Crippen LogP contribution in [0.1, 0.15) is 11.1 Å². The summed E-state index contributed by atoms with van der Waals surface area (Å²) in [7, 11) is 0. The van der Waals surface area contributed by atoms with E-state index in [4.69, 9.17) is 0 Å². The molecule has 3 aromatic carbocycles. The van der Waals surface area contributed by atoms with Gasteiger partial charge in [-0.3, -0.25) is 0 Å². The third kappa shape index (κ3) is 1.64. The Hall–Kier alpha value is -2.79. The third-order valence-corrected chi connectivity index (χ3v) is 4.36. The van der Waals surface area contributed by atoms with Crippen LogP contribution in [0.4, 0.5) is 5.69 Å². The minimum Gasteiger partial charge on any atom is -0.382 e. The molecule has 0 fully saturated rings. The lowest BCUT2D eigenvalue weighted by Gasteiger charge is -2.22. The molecule has 100 valence electrons. The molecule has 0 aromatic heterocycles. The van der Waals surface area contributed by atoms with Crippen molar-refractivity contribution in [3.05, 3.63) is 77.9 Å². The second kappa shape index (κ2) is 4.36. The smallest absolute Gasteiger partial charge is 0.126 e. The quantitative estimate of drug-likeness (QED) is 0.723. The van der Waals surface area contributed by atoms with Crippen LogP contribution in [0.2, 0.25) is 0 Å². The highest BCUT2D eigenvalue weighted by molar-refractivity contribution is 5.84. The first kappa shape index (κ1) is 12.0. The van der Waals surface area contributed by atoms with E-state index in [1.165, 1.54) is 10.8 Å². The molecule has 0 saturated heterocycles. The van der Waals surface area contributed by atoms with Gasteiger partial charge in [-0.05, 0) is 28.5 Å². The summed E-state index contributed by atoms with van der Waals surface area (Å²) in [4.78, 5) is 0. The number of nitrogens with one attached hydrogen (secondary N) is 1. The standard InChI is InChI=1S/C19H14N2/c20-12-19(13-21-18-8-4-3-7-17(18)19)16-10-9-14-5-1-2-6-15(14)11-16/h1-11,21H,13H2/t19-/m0/s1. The molecule has 21 heavy (non-hydrogen) atoms. The molecule has 4 rings (SSSR count). The van der Waals surface area contributed by atoms with E-state index >= 15 is 0 Å². The molecule has 1 N–H and O–H groups in total. The molecule has 1 aliphatic heterocycles. The number of para-hydroxylation sites is 1. The molecule has 0 radical (unpaired) electrons. The lowest BCUT2D eigenvalue weighted by atomic mass is 9.77. The van der Waals surface area contributed by atoms with Gasteiger partial charge in [0, 0.05) is 17.8 Å². The first-order valence-corrected chi connectivity index (χ1v) is 7.07. The number of hydrogen-bond donors (Lipinski definition) is 1. The van der Waals surface area contributed by atoms with E-state index in [1.807, 2.05) is 36.4 Å². The Morgan fingerprint density at radius 3 is 2.52 bits per heavy atom. The van der Waals surface area contributed by atoms with Crippen LogP contribution in [-0.4, -0.2) is 6.54 Å². The number of rotatable bonds is 1. The van der Waals surface area contributed by atoms with Gasteiger partial charge in [-0.15, -0.1) is 0 Å². The van der Waals surface area contributed by atoms with Crippen LogP contribution >= 0.6 is 0 Å². The molecule has 0 unspecified atom stereocenters. The van der Waals surface area contributed by atoms with Gasteiger partial charge in [-0.1, -0.05) is 54.6 Å². The minimum atomic E-state index is -0.597. The van der Waals surface area contributed by atoms with E-state index in [0.717, 1.165) is 16.8 Å². The SMILES string of the molecule is N#C[C@@]1(c2ccc3ccccc3c2)CNc2ccccc21. The summed E-state index contributed by atoms with van der Waals surface area (Å²) in [6.45, 7) is 0.626. The summed E-state index contributed by atoms with van der Waals surface area (Å²) in [6, 6.07) is 25.2. The molecule has 1 atom stereocenters. The van der Waals surface area contributed by atoms with Crippen molar-refractivity contribution in [2.45, 2.75) is 5.41 Å². The van der Waals surface area contributed by atoms with Crippen molar-refractivity contribution in [1.29, 1.82) is 5.26 Å². The Bertz CT molecular complexity index is 876. The van der Waals surface area contributed by atoms with Gasteiger partial charge in [0.25, 0.3) is 0 Å². The number of hydrogen-bond acceptors (Lipinski definition) is 2. The van der Waals surface area contributed by atoms with Crippen molar-refractivity contribution < 1.29 is 0 Å². The zero-order valence-corrected chi connectivity index (χ0v) is 11.5. The molecule has 1 aliphatic rings. The van der Waals surface area contributed by atoms with E-state index in [9.17, 15) is 5.26 Å². The molecule has 1 heterocycles. The highest BCUT2D eigenvalue weighted by atomic mass is 14.9. The summed E-state index contributed by atoms with van der Waals surface area (Å²) in [5.41, 5.74) is 2.59. The fraction of sp³-hybridized carbons (Fsp3) is 0.105. The van der Waals surface area contributed by atoms with Gasteiger partial charge in [-0.25, -0.2) is 0 Å². The van der Waals surface area contributed by atoms with Crippen molar-refractivity contribution in [2.24, 2.45) is 0 Å². The predicted octanol–water partition coefficient (Wildman–Crippen LogP) is 4.07. The van der Waals surface area contributed by atoms with Gasteiger partial charge in [0.05, 0.1) is 6.07 Å². The van der Waals surface area contributed by atoms with E-state index in [-0.39, 0.29) is 0 Å². The molecule has 3 aromatic rings. The van der Waals surface area contributed by atoms with Crippen LogP contribution in [0.5, 0.6) is 0 Å². The first-order valence-electron chi connectivity index (χ1n) is 7.07. The van der Waals surface area contributed by atoms with Crippen LogP contribution in [0.3, 0.4) is 0 Å². The van der Waals surface area contributed by atoms with Crippen molar-refractivity contribution in [3.8, 4) is 6.07 Å². The molecule has 0 saturated carbocycles. The van der Waals surface area contributed by atoms with Crippen LogP contribution < -0.4 is 5.32 Å². The third-order valence-electron chi connectivity index (χ3n) is 4.36. The Morgan fingerprint density at radius 2 is 1.67 bits per heavy atom.